The van der Waals surface area contributed by atoms with Crippen molar-refractivity contribution in [1.82, 2.24) is 25.7 Å². The quantitative estimate of drug-likeness (QED) is 0.223. The fourth-order valence-corrected chi connectivity index (χ4v) is 6.05. The third-order valence-corrected chi connectivity index (χ3v) is 8.50. The van der Waals surface area contributed by atoms with Crippen LogP contribution < -0.4 is 15.4 Å². The summed E-state index contributed by atoms with van der Waals surface area (Å²) in [6.07, 6.45) is -4.47. The molecule has 47 heavy (non-hydrogen) atoms. The molecule has 4 aromatic rings. The number of likely N-dealkylation sites (tertiary alicyclic amines) is 1. The number of amides is 3. The third kappa shape index (κ3) is 7.45. The molecular weight excluding hydrogens is 646 g/mol. The molecule has 4 heterocycles. The summed E-state index contributed by atoms with van der Waals surface area (Å²) in [5.74, 6) is -2.23. The van der Waals surface area contributed by atoms with Crippen LogP contribution in [0, 0.1) is 5.82 Å². The predicted octanol–water partition coefficient (Wildman–Crippen LogP) is 4.48. The summed E-state index contributed by atoms with van der Waals surface area (Å²) in [7, 11) is 0. The predicted molar refractivity (Wildman–Crippen MR) is 159 cm³/mol. The molecule has 2 fully saturated rings. The monoisotopic (exact) mass is 673 g/mol. The lowest BCUT2D eigenvalue weighted by Crippen LogP contribution is -2.49. The average molecular weight is 674 g/mol. The lowest BCUT2D eigenvalue weighted by atomic mass is 10.1. The first-order valence-corrected chi connectivity index (χ1v) is 15.2. The molecule has 2 aliphatic heterocycles. The molecule has 2 aromatic heterocycles. The highest BCUT2D eigenvalue weighted by Gasteiger charge is 2.52. The zero-order valence-electron chi connectivity index (χ0n) is 24.4. The van der Waals surface area contributed by atoms with E-state index in [1.54, 1.807) is 23.6 Å². The van der Waals surface area contributed by atoms with Gasteiger partial charge in [0, 0.05) is 27.8 Å². The van der Waals surface area contributed by atoms with Crippen molar-refractivity contribution in [2.75, 3.05) is 26.3 Å². The maximum absolute atomic E-state index is 13.3. The molecule has 0 aliphatic carbocycles. The zero-order valence-corrected chi connectivity index (χ0v) is 25.3. The number of benzene rings is 2. The normalized spacial score (nSPS) is 17.2. The van der Waals surface area contributed by atoms with Crippen LogP contribution in [0.3, 0.4) is 0 Å². The fraction of sp³-hybridized carbons (Fsp3) is 0.290. The number of halogens is 4. The van der Waals surface area contributed by atoms with E-state index >= 15 is 0 Å². The van der Waals surface area contributed by atoms with Gasteiger partial charge in [0.05, 0.1) is 38.5 Å². The van der Waals surface area contributed by atoms with Crippen molar-refractivity contribution < 1.29 is 46.2 Å². The fourth-order valence-electron chi connectivity index (χ4n) is 5.23. The minimum atomic E-state index is -4.55. The van der Waals surface area contributed by atoms with Gasteiger partial charge in [-0.05, 0) is 60.7 Å². The second kappa shape index (κ2) is 13.1. The van der Waals surface area contributed by atoms with Crippen LogP contribution in [0.1, 0.15) is 27.3 Å². The number of H-pyrrole nitrogens is 1. The molecule has 0 saturated carbocycles. The summed E-state index contributed by atoms with van der Waals surface area (Å²) >= 11 is 1.23. The Labute approximate surface area is 268 Å². The number of alkyl halides is 3. The van der Waals surface area contributed by atoms with Crippen LogP contribution in [0.4, 0.5) is 17.6 Å². The van der Waals surface area contributed by atoms with Crippen LogP contribution >= 0.6 is 11.3 Å². The number of ether oxygens (including phenoxy) is 3. The van der Waals surface area contributed by atoms with Crippen molar-refractivity contribution in [2.45, 2.75) is 31.0 Å². The van der Waals surface area contributed by atoms with Gasteiger partial charge in [-0.25, -0.2) is 4.39 Å². The molecule has 2 aliphatic rings. The van der Waals surface area contributed by atoms with Crippen LogP contribution in [-0.4, -0.2) is 71.0 Å². The number of carbonyl (C=O) groups excluding carboxylic acids is 3. The highest BCUT2D eigenvalue weighted by atomic mass is 32.1. The molecule has 16 heteroatoms. The lowest BCUT2D eigenvalue weighted by molar-refractivity contribution is -0.152. The van der Waals surface area contributed by atoms with Crippen LogP contribution in [-0.2, 0) is 31.8 Å². The van der Waals surface area contributed by atoms with Crippen molar-refractivity contribution in [3.05, 3.63) is 88.0 Å². The molecule has 1 spiro atoms. The first kappa shape index (κ1) is 32.2. The summed E-state index contributed by atoms with van der Waals surface area (Å²) < 4.78 is 69.1. The van der Waals surface area contributed by atoms with Crippen molar-refractivity contribution in [3.8, 4) is 22.8 Å². The summed E-state index contributed by atoms with van der Waals surface area (Å²) in [4.78, 5) is 41.4. The smallest absolute Gasteiger partial charge is 0.432 e. The SMILES string of the molecule is O=C(NCC(=O)N1CC2(C[C@H]1C(=O)NCc1cc(-c3cc(C(F)(F)F)[nH]n3)cs1)OCCO2)c1ccc(Oc2ccc(F)cc2)cc1. The molecule has 2 saturated heterocycles. The van der Waals surface area contributed by atoms with E-state index in [-0.39, 0.29) is 30.8 Å². The molecule has 0 bridgehead atoms. The zero-order chi connectivity index (χ0) is 33.2. The number of nitrogens with zero attached hydrogens (tertiary/aromatic N) is 2. The topological polar surface area (TPSA) is 135 Å². The number of hydrogen-bond acceptors (Lipinski definition) is 8. The number of nitrogens with one attached hydrogen (secondary N) is 3. The van der Waals surface area contributed by atoms with Gasteiger partial charge in [-0.15, -0.1) is 11.3 Å². The van der Waals surface area contributed by atoms with Gasteiger partial charge in [0.2, 0.25) is 11.8 Å². The van der Waals surface area contributed by atoms with E-state index in [0.717, 1.165) is 6.07 Å². The maximum Gasteiger partial charge on any atom is 0.432 e. The Morgan fingerprint density at radius 2 is 1.70 bits per heavy atom. The van der Waals surface area contributed by atoms with Gasteiger partial charge in [-0.3, -0.25) is 19.5 Å². The number of aromatic nitrogens is 2. The second-order valence-electron chi connectivity index (χ2n) is 10.8. The molecule has 2 aromatic carbocycles. The van der Waals surface area contributed by atoms with Gasteiger partial charge in [0.15, 0.2) is 5.79 Å². The van der Waals surface area contributed by atoms with Crippen LogP contribution in [0.5, 0.6) is 11.5 Å². The van der Waals surface area contributed by atoms with E-state index in [9.17, 15) is 31.9 Å². The van der Waals surface area contributed by atoms with E-state index in [1.807, 2.05) is 5.10 Å². The molecule has 0 unspecified atom stereocenters. The highest BCUT2D eigenvalue weighted by Crippen LogP contribution is 2.35. The molecule has 11 nitrogen and oxygen atoms in total. The van der Waals surface area contributed by atoms with Crippen LogP contribution in [0.25, 0.3) is 11.3 Å². The van der Waals surface area contributed by atoms with Gasteiger partial charge >= 0.3 is 6.18 Å². The molecule has 246 valence electrons. The van der Waals surface area contributed by atoms with Crippen LogP contribution in [0.2, 0.25) is 0 Å². The Kier molecular flexibility index (Phi) is 8.98. The summed E-state index contributed by atoms with van der Waals surface area (Å²) in [5.41, 5.74) is -0.126. The number of rotatable bonds is 9. The lowest BCUT2D eigenvalue weighted by Gasteiger charge is -2.24. The van der Waals surface area contributed by atoms with E-state index in [4.69, 9.17) is 14.2 Å². The van der Waals surface area contributed by atoms with E-state index < -0.39 is 53.8 Å². The van der Waals surface area contributed by atoms with Crippen molar-refractivity contribution in [1.29, 1.82) is 0 Å². The number of thiophene rings is 1. The van der Waals surface area contributed by atoms with Crippen molar-refractivity contribution in [3.63, 3.8) is 0 Å². The van der Waals surface area contributed by atoms with Crippen LogP contribution in [0.15, 0.2) is 66.0 Å². The Bertz CT molecular complexity index is 1750. The highest BCUT2D eigenvalue weighted by molar-refractivity contribution is 7.10. The molecular formula is C31H27F4N5O6S. The summed E-state index contributed by atoms with van der Waals surface area (Å²) in [5, 5.41) is 12.7. The standard InChI is InChI=1S/C31H27F4N5O6S/c32-20-3-7-22(8-4-20)46-21-5-1-18(2-6-21)28(42)37-15-27(41)40-17-30(44-9-10-45-30)13-25(40)29(43)36-14-23-11-19(16-47-23)24-12-26(39-38-24)31(33,34)35/h1-8,11-12,16,25H,9-10,13-15,17H2,(H,36,43)(H,37,42)(H,38,39)/t25-/m0/s1. The van der Waals surface area contributed by atoms with Gasteiger partial charge in [0.1, 0.15) is 29.1 Å². The van der Waals surface area contributed by atoms with Crippen molar-refractivity contribution in [2.24, 2.45) is 0 Å². The van der Waals surface area contributed by atoms with Gasteiger partial charge < -0.3 is 29.7 Å². The number of carbonyl (C=O) groups is 3. The largest absolute Gasteiger partial charge is 0.457 e. The third-order valence-electron chi connectivity index (χ3n) is 7.56. The second-order valence-corrected chi connectivity index (χ2v) is 11.8. The molecule has 6 rings (SSSR count). The Morgan fingerprint density at radius 3 is 2.36 bits per heavy atom. The summed E-state index contributed by atoms with van der Waals surface area (Å²) in [6, 6.07) is 13.2. The Hall–Kier alpha value is -4.80. The molecule has 0 radical (unpaired) electrons. The molecule has 3 amide bonds. The first-order chi connectivity index (χ1) is 22.5. The first-order valence-electron chi connectivity index (χ1n) is 14.4. The van der Waals surface area contributed by atoms with Crippen molar-refractivity contribution >= 4 is 29.1 Å². The number of hydrogen-bond donors (Lipinski definition) is 3. The summed E-state index contributed by atoms with van der Waals surface area (Å²) in [6.45, 7) is 0.249. The molecule has 3 N–H and O–H groups in total. The Balaban J connectivity index is 1.05. The van der Waals surface area contributed by atoms with Gasteiger partial charge in [0.25, 0.3) is 5.91 Å². The number of aromatic amines is 1. The molecule has 1 atom stereocenters. The van der Waals surface area contributed by atoms with Gasteiger partial charge in [-0.2, -0.15) is 18.3 Å². The van der Waals surface area contributed by atoms with E-state index in [1.165, 1.54) is 52.6 Å². The van der Waals surface area contributed by atoms with Gasteiger partial charge in [-0.1, -0.05) is 0 Å². The van der Waals surface area contributed by atoms with E-state index in [0.29, 0.717) is 35.2 Å². The minimum Gasteiger partial charge on any atom is -0.457 e. The average Bonchev–Trinajstić information content (AvgIpc) is 3.87. The van der Waals surface area contributed by atoms with E-state index in [2.05, 4.69) is 15.7 Å². The maximum atomic E-state index is 13.3. The Morgan fingerprint density at radius 1 is 1.02 bits per heavy atom. The minimum absolute atomic E-state index is 0.0148.